The number of benzene rings is 1. The molecular formula is C12H11NO2. The first-order valence-electron chi connectivity index (χ1n) is 4.72. The van der Waals surface area contributed by atoms with Crippen LogP contribution in [-0.2, 0) is 4.79 Å². The summed E-state index contributed by atoms with van der Waals surface area (Å²) in [6, 6.07) is 10.2. The molecule has 0 N–H and O–H groups in total. The molecule has 0 aliphatic carbocycles. The van der Waals surface area contributed by atoms with Crippen LogP contribution < -0.4 is 0 Å². The summed E-state index contributed by atoms with van der Waals surface area (Å²) in [6.45, 7) is 1.64. The van der Waals surface area contributed by atoms with Gasteiger partial charge in [0.2, 0.25) is 0 Å². The molecule has 0 radical (unpaired) electrons. The lowest BCUT2D eigenvalue weighted by molar-refractivity contribution is -0.119. The zero-order chi connectivity index (χ0) is 11.3. The van der Waals surface area contributed by atoms with E-state index in [9.17, 15) is 9.59 Å². The van der Waals surface area contributed by atoms with Gasteiger partial charge in [-0.2, -0.15) is 5.26 Å². The van der Waals surface area contributed by atoms with Crippen LogP contribution in [0.4, 0.5) is 0 Å². The smallest absolute Gasteiger partial charge is 0.187 e. The Morgan fingerprint density at radius 2 is 1.93 bits per heavy atom. The number of nitriles is 1. The van der Waals surface area contributed by atoms with Crippen molar-refractivity contribution in [3.05, 3.63) is 35.9 Å². The van der Waals surface area contributed by atoms with Crippen molar-refractivity contribution in [1.82, 2.24) is 0 Å². The molecule has 0 fully saturated rings. The van der Waals surface area contributed by atoms with Crippen molar-refractivity contribution >= 4 is 11.6 Å². The van der Waals surface area contributed by atoms with Crippen LogP contribution >= 0.6 is 0 Å². The number of Topliss-reactive ketones (excluding diaryl/α,β-unsaturated/α-hetero) is 2. The maximum absolute atomic E-state index is 11.7. The molecule has 3 nitrogen and oxygen atoms in total. The Kier molecular flexibility index (Phi) is 3.75. The molecule has 0 aliphatic heterocycles. The highest BCUT2D eigenvalue weighted by Crippen LogP contribution is 2.10. The molecule has 1 atom stereocenters. The fourth-order valence-electron chi connectivity index (χ4n) is 1.25. The molecule has 15 heavy (non-hydrogen) atoms. The van der Waals surface area contributed by atoms with Crippen LogP contribution in [0.3, 0.4) is 0 Å². The van der Waals surface area contributed by atoms with Gasteiger partial charge < -0.3 is 0 Å². The fraction of sp³-hybridized carbons (Fsp3) is 0.250. The molecule has 0 heterocycles. The van der Waals surface area contributed by atoms with Crippen LogP contribution in [0.1, 0.15) is 23.7 Å². The first-order valence-corrected chi connectivity index (χ1v) is 4.72. The molecule has 0 spiro atoms. The summed E-state index contributed by atoms with van der Waals surface area (Å²) in [5.74, 6) is -1.89. The summed E-state index contributed by atoms with van der Waals surface area (Å²) in [6.07, 6.45) is 0.205. The summed E-state index contributed by atoms with van der Waals surface area (Å²) >= 11 is 0. The lowest BCUT2D eigenvalue weighted by atomic mass is 9.94. The average Bonchev–Trinajstić information content (AvgIpc) is 2.30. The second-order valence-corrected chi connectivity index (χ2v) is 3.11. The van der Waals surface area contributed by atoms with Crippen LogP contribution in [0.2, 0.25) is 0 Å². The van der Waals surface area contributed by atoms with Crippen LogP contribution in [0.5, 0.6) is 0 Å². The number of rotatable bonds is 4. The lowest BCUT2D eigenvalue weighted by Crippen LogP contribution is -2.21. The van der Waals surface area contributed by atoms with Gasteiger partial charge in [0.25, 0.3) is 0 Å². The molecule has 0 aromatic heterocycles. The van der Waals surface area contributed by atoms with E-state index in [0.29, 0.717) is 5.56 Å². The molecule has 1 aromatic rings. The van der Waals surface area contributed by atoms with E-state index in [1.54, 1.807) is 43.3 Å². The van der Waals surface area contributed by atoms with Crippen molar-refractivity contribution in [2.24, 2.45) is 5.92 Å². The predicted molar refractivity (Wildman–Crippen MR) is 55.2 cm³/mol. The molecule has 1 aromatic carbocycles. The van der Waals surface area contributed by atoms with Crippen molar-refractivity contribution in [3.8, 4) is 6.07 Å². The SMILES string of the molecule is CCC(=O)C(C#N)C(=O)c1ccccc1. The molecule has 0 bridgehead atoms. The van der Waals surface area contributed by atoms with E-state index in [4.69, 9.17) is 5.26 Å². The van der Waals surface area contributed by atoms with E-state index in [1.807, 2.05) is 0 Å². The minimum absolute atomic E-state index is 0.205. The minimum Gasteiger partial charge on any atom is -0.298 e. The maximum atomic E-state index is 11.7. The summed E-state index contributed by atoms with van der Waals surface area (Å²) in [5, 5.41) is 8.77. The van der Waals surface area contributed by atoms with Crippen molar-refractivity contribution in [3.63, 3.8) is 0 Å². The van der Waals surface area contributed by atoms with Gasteiger partial charge in [0.05, 0.1) is 6.07 Å². The van der Waals surface area contributed by atoms with Gasteiger partial charge >= 0.3 is 0 Å². The van der Waals surface area contributed by atoms with E-state index < -0.39 is 11.7 Å². The third kappa shape index (κ3) is 2.50. The molecule has 0 saturated heterocycles. The number of carbonyl (C=O) groups is 2. The first-order chi connectivity index (χ1) is 7.20. The van der Waals surface area contributed by atoms with Gasteiger partial charge in [-0.1, -0.05) is 37.3 Å². The van der Waals surface area contributed by atoms with Crippen LogP contribution in [0.25, 0.3) is 0 Å². The fourth-order valence-corrected chi connectivity index (χ4v) is 1.25. The number of nitrogens with zero attached hydrogens (tertiary/aromatic N) is 1. The van der Waals surface area contributed by atoms with Crippen LogP contribution in [0, 0.1) is 17.2 Å². The minimum atomic E-state index is -1.16. The van der Waals surface area contributed by atoms with Gasteiger partial charge in [-0.05, 0) is 0 Å². The third-order valence-corrected chi connectivity index (χ3v) is 2.12. The van der Waals surface area contributed by atoms with E-state index in [2.05, 4.69) is 0 Å². The molecule has 3 heteroatoms. The van der Waals surface area contributed by atoms with Gasteiger partial charge in [0.15, 0.2) is 17.5 Å². The second kappa shape index (κ2) is 5.06. The van der Waals surface area contributed by atoms with Gasteiger partial charge in [0, 0.05) is 12.0 Å². The summed E-state index contributed by atoms with van der Waals surface area (Å²) in [7, 11) is 0. The van der Waals surface area contributed by atoms with E-state index >= 15 is 0 Å². The second-order valence-electron chi connectivity index (χ2n) is 3.11. The Bertz CT molecular complexity index is 403. The summed E-state index contributed by atoms with van der Waals surface area (Å²) in [4.78, 5) is 23.0. The molecular weight excluding hydrogens is 190 g/mol. The van der Waals surface area contributed by atoms with Crippen molar-refractivity contribution in [1.29, 1.82) is 5.26 Å². The topological polar surface area (TPSA) is 57.9 Å². The number of carbonyl (C=O) groups excluding carboxylic acids is 2. The monoisotopic (exact) mass is 201 g/mol. The maximum Gasteiger partial charge on any atom is 0.187 e. The van der Waals surface area contributed by atoms with Gasteiger partial charge in [-0.3, -0.25) is 9.59 Å². The normalized spacial score (nSPS) is 11.5. The largest absolute Gasteiger partial charge is 0.298 e. The van der Waals surface area contributed by atoms with Crippen LogP contribution in [0.15, 0.2) is 30.3 Å². The Morgan fingerprint density at radius 3 is 2.40 bits per heavy atom. The van der Waals surface area contributed by atoms with Crippen LogP contribution in [-0.4, -0.2) is 11.6 Å². The Labute approximate surface area is 88.3 Å². The van der Waals surface area contributed by atoms with E-state index in [-0.39, 0.29) is 12.2 Å². The lowest BCUT2D eigenvalue weighted by Gasteiger charge is -2.05. The summed E-state index contributed by atoms with van der Waals surface area (Å²) in [5.41, 5.74) is 0.408. The third-order valence-electron chi connectivity index (χ3n) is 2.12. The number of hydrogen-bond donors (Lipinski definition) is 0. The van der Waals surface area contributed by atoms with Crippen molar-refractivity contribution in [2.45, 2.75) is 13.3 Å². The average molecular weight is 201 g/mol. The van der Waals surface area contributed by atoms with Crippen molar-refractivity contribution in [2.75, 3.05) is 0 Å². The number of ketones is 2. The van der Waals surface area contributed by atoms with Gasteiger partial charge in [-0.15, -0.1) is 0 Å². The highest BCUT2D eigenvalue weighted by atomic mass is 16.1. The van der Waals surface area contributed by atoms with E-state index in [0.717, 1.165) is 0 Å². The van der Waals surface area contributed by atoms with E-state index in [1.165, 1.54) is 0 Å². The molecule has 1 rings (SSSR count). The molecule has 0 amide bonds. The zero-order valence-electron chi connectivity index (χ0n) is 8.43. The van der Waals surface area contributed by atoms with Gasteiger partial charge in [-0.25, -0.2) is 0 Å². The van der Waals surface area contributed by atoms with Crippen molar-refractivity contribution < 1.29 is 9.59 Å². The Hall–Kier alpha value is -1.95. The molecule has 0 aliphatic rings. The highest BCUT2D eigenvalue weighted by molar-refractivity contribution is 6.12. The quantitative estimate of drug-likeness (QED) is 0.553. The molecule has 1 unspecified atom stereocenters. The standard InChI is InChI=1S/C12H11NO2/c1-2-11(14)10(8-13)12(15)9-6-4-3-5-7-9/h3-7,10H,2H2,1H3. The Balaban J connectivity index is 2.94. The molecule has 0 saturated carbocycles. The summed E-state index contributed by atoms with van der Waals surface area (Å²) < 4.78 is 0. The molecule has 76 valence electrons. The first kappa shape index (κ1) is 11.1. The highest BCUT2D eigenvalue weighted by Gasteiger charge is 2.25. The number of hydrogen-bond acceptors (Lipinski definition) is 3. The Morgan fingerprint density at radius 1 is 1.33 bits per heavy atom. The zero-order valence-corrected chi connectivity index (χ0v) is 8.43. The predicted octanol–water partition coefficient (Wildman–Crippen LogP) is 1.99. The van der Waals surface area contributed by atoms with Gasteiger partial charge in [0.1, 0.15) is 0 Å².